The van der Waals surface area contributed by atoms with Crippen LogP contribution in [0.1, 0.15) is 25.7 Å². The van der Waals surface area contributed by atoms with Crippen molar-refractivity contribution in [2.75, 3.05) is 13.1 Å². The summed E-state index contributed by atoms with van der Waals surface area (Å²) >= 11 is 0. The average Bonchev–Trinajstić information content (AvgIpc) is 2.16. The minimum Gasteiger partial charge on any atom is -0.465 e. The summed E-state index contributed by atoms with van der Waals surface area (Å²) in [6.45, 7) is 1.13. The molecule has 1 saturated heterocycles. The van der Waals surface area contributed by atoms with Gasteiger partial charge in [-0.15, -0.1) is 0 Å². The Morgan fingerprint density at radius 3 is 2.27 bits per heavy atom. The zero-order valence-corrected chi connectivity index (χ0v) is 8.63. The maximum Gasteiger partial charge on any atom is 0.407 e. The number of aliphatic hydroxyl groups is 1. The molecular weight excluding hydrogens is 198 g/mol. The zero-order chi connectivity index (χ0) is 10.8. The molecule has 86 valence electrons. The highest BCUT2D eigenvalue weighted by Gasteiger charge is 2.32. The minimum atomic E-state index is -0.840. The predicted octanol–water partition coefficient (Wildman–Crippen LogP) is 0.669. The molecular formula is C10H17NO4. The zero-order valence-electron chi connectivity index (χ0n) is 8.63. The van der Waals surface area contributed by atoms with Crippen molar-refractivity contribution in [3.63, 3.8) is 0 Å². The highest BCUT2D eigenvalue weighted by molar-refractivity contribution is 5.64. The Morgan fingerprint density at radius 2 is 1.80 bits per heavy atom. The maximum atomic E-state index is 10.6. The smallest absolute Gasteiger partial charge is 0.407 e. The van der Waals surface area contributed by atoms with Gasteiger partial charge in [0.15, 0.2) is 0 Å². The quantitative estimate of drug-likeness (QED) is 0.710. The average molecular weight is 215 g/mol. The van der Waals surface area contributed by atoms with E-state index in [2.05, 4.69) is 0 Å². The molecule has 0 bridgehead atoms. The van der Waals surface area contributed by atoms with Crippen molar-refractivity contribution in [2.45, 2.75) is 44.0 Å². The molecule has 1 amide bonds. The van der Waals surface area contributed by atoms with Gasteiger partial charge in [-0.3, -0.25) is 0 Å². The van der Waals surface area contributed by atoms with E-state index in [-0.39, 0.29) is 18.3 Å². The molecule has 1 heterocycles. The lowest BCUT2D eigenvalue weighted by atomic mass is 9.92. The van der Waals surface area contributed by atoms with Crippen molar-refractivity contribution < 1.29 is 19.7 Å². The highest BCUT2D eigenvalue weighted by atomic mass is 16.5. The van der Waals surface area contributed by atoms with E-state index in [9.17, 15) is 4.79 Å². The fraction of sp³-hybridized carbons (Fsp3) is 0.900. The van der Waals surface area contributed by atoms with Crippen LogP contribution in [0.25, 0.3) is 0 Å². The summed E-state index contributed by atoms with van der Waals surface area (Å²) in [6, 6.07) is 0. The molecule has 1 saturated carbocycles. The van der Waals surface area contributed by atoms with Gasteiger partial charge >= 0.3 is 6.09 Å². The normalized spacial score (nSPS) is 32.5. The van der Waals surface area contributed by atoms with E-state index < -0.39 is 6.09 Å². The monoisotopic (exact) mass is 215 g/mol. The van der Waals surface area contributed by atoms with Crippen LogP contribution >= 0.6 is 0 Å². The lowest BCUT2D eigenvalue weighted by Gasteiger charge is -2.37. The number of aliphatic hydroxyl groups excluding tert-OH is 1. The minimum absolute atomic E-state index is 0.179. The Kier molecular flexibility index (Phi) is 3.11. The number of likely N-dealkylation sites (tertiary alicyclic amines) is 1. The number of ether oxygens (including phenoxy) is 1. The fourth-order valence-electron chi connectivity index (χ4n) is 2.10. The van der Waals surface area contributed by atoms with Gasteiger partial charge < -0.3 is 19.8 Å². The predicted molar refractivity (Wildman–Crippen MR) is 52.7 cm³/mol. The topological polar surface area (TPSA) is 70.0 Å². The van der Waals surface area contributed by atoms with E-state index in [1.165, 1.54) is 4.90 Å². The highest BCUT2D eigenvalue weighted by Crippen LogP contribution is 2.27. The third-order valence-corrected chi connectivity index (χ3v) is 3.17. The number of nitrogens with zero attached hydrogens (tertiary/aromatic N) is 1. The summed E-state index contributed by atoms with van der Waals surface area (Å²) in [4.78, 5) is 12.1. The SMILES string of the molecule is O=C(O)N1CCC(OC2CC(O)C2)CC1. The van der Waals surface area contributed by atoms with E-state index in [1.807, 2.05) is 0 Å². The standard InChI is InChI=1S/C10H17NO4/c12-7-5-9(6-7)15-8-1-3-11(4-2-8)10(13)14/h7-9,12H,1-6H2,(H,13,14). The number of carbonyl (C=O) groups is 1. The maximum absolute atomic E-state index is 10.6. The van der Waals surface area contributed by atoms with Crippen LogP contribution in [0, 0.1) is 0 Å². The second-order valence-corrected chi connectivity index (χ2v) is 4.35. The lowest BCUT2D eigenvalue weighted by Crippen LogP contribution is -2.44. The van der Waals surface area contributed by atoms with Crippen molar-refractivity contribution in [2.24, 2.45) is 0 Å². The Labute approximate surface area is 88.6 Å². The number of hydrogen-bond acceptors (Lipinski definition) is 3. The van der Waals surface area contributed by atoms with Gasteiger partial charge in [0.2, 0.25) is 0 Å². The fourth-order valence-corrected chi connectivity index (χ4v) is 2.10. The summed E-state index contributed by atoms with van der Waals surface area (Å²) in [5, 5.41) is 17.8. The van der Waals surface area contributed by atoms with Crippen LogP contribution in [0.4, 0.5) is 4.79 Å². The number of piperidine rings is 1. The molecule has 2 fully saturated rings. The van der Waals surface area contributed by atoms with Crippen molar-refractivity contribution >= 4 is 6.09 Å². The van der Waals surface area contributed by atoms with Gasteiger partial charge in [-0.2, -0.15) is 0 Å². The van der Waals surface area contributed by atoms with Gasteiger partial charge in [-0.25, -0.2) is 4.79 Å². The second kappa shape index (κ2) is 4.37. The molecule has 0 radical (unpaired) electrons. The summed E-state index contributed by atoms with van der Waals surface area (Å²) in [6.07, 6.45) is 2.37. The summed E-state index contributed by atoms with van der Waals surface area (Å²) in [5.41, 5.74) is 0. The van der Waals surface area contributed by atoms with Crippen LogP contribution in [0.3, 0.4) is 0 Å². The Bertz CT molecular complexity index is 232. The van der Waals surface area contributed by atoms with Gasteiger partial charge in [0.1, 0.15) is 0 Å². The molecule has 0 aromatic carbocycles. The van der Waals surface area contributed by atoms with E-state index in [0.29, 0.717) is 13.1 Å². The molecule has 0 spiro atoms. The molecule has 0 aromatic rings. The van der Waals surface area contributed by atoms with Crippen molar-refractivity contribution in [1.29, 1.82) is 0 Å². The van der Waals surface area contributed by atoms with Gasteiger partial charge in [0.05, 0.1) is 18.3 Å². The first-order valence-electron chi connectivity index (χ1n) is 5.46. The van der Waals surface area contributed by atoms with Crippen molar-refractivity contribution in [3.05, 3.63) is 0 Å². The van der Waals surface area contributed by atoms with Gasteiger partial charge in [0.25, 0.3) is 0 Å². The van der Waals surface area contributed by atoms with E-state index in [4.69, 9.17) is 14.9 Å². The first-order valence-corrected chi connectivity index (χ1v) is 5.46. The summed E-state index contributed by atoms with van der Waals surface area (Å²) < 4.78 is 5.75. The molecule has 0 atom stereocenters. The van der Waals surface area contributed by atoms with Crippen molar-refractivity contribution in [3.8, 4) is 0 Å². The van der Waals surface area contributed by atoms with Crippen LogP contribution < -0.4 is 0 Å². The van der Waals surface area contributed by atoms with Gasteiger partial charge in [-0.1, -0.05) is 0 Å². The van der Waals surface area contributed by atoms with E-state index >= 15 is 0 Å². The molecule has 2 rings (SSSR count). The molecule has 5 nitrogen and oxygen atoms in total. The Morgan fingerprint density at radius 1 is 1.20 bits per heavy atom. The molecule has 5 heteroatoms. The van der Waals surface area contributed by atoms with E-state index in [1.54, 1.807) is 0 Å². The van der Waals surface area contributed by atoms with Crippen LogP contribution in [-0.2, 0) is 4.74 Å². The molecule has 2 aliphatic rings. The third-order valence-electron chi connectivity index (χ3n) is 3.17. The molecule has 2 N–H and O–H groups in total. The Balaban J connectivity index is 1.67. The van der Waals surface area contributed by atoms with Crippen molar-refractivity contribution in [1.82, 2.24) is 4.90 Å². The number of rotatable bonds is 2. The molecule has 15 heavy (non-hydrogen) atoms. The summed E-state index contributed by atoms with van der Waals surface area (Å²) in [7, 11) is 0. The third kappa shape index (κ3) is 2.60. The van der Waals surface area contributed by atoms with Crippen LogP contribution in [-0.4, -0.2) is 52.6 Å². The first kappa shape index (κ1) is 10.7. The van der Waals surface area contributed by atoms with Gasteiger partial charge in [-0.05, 0) is 25.7 Å². The van der Waals surface area contributed by atoms with Crippen LogP contribution in [0.15, 0.2) is 0 Å². The Hall–Kier alpha value is -0.810. The largest absolute Gasteiger partial charge is 0.465 e. The number of carboxylic acid groups (broad SMARTS) is 1. The first-order chi connectivity index (χ1) is 7.15. The number of amides is 1. The number of hydrogen-bond donors (Lipinski definition) is 2. The van der Waals surface area contributed by atoms with Gasteiger partial charge in [0, 0.05) is 13.1 Å². The molecule has 0 aromatic heterocycles. The lowest BCUT2D eigenvalue weighted by molar-refractivity contribution is -0.115. The second-order valence-electron chi connectivity index (χ2n) is 4.35. The summed E-state index contributed by atoms with van der Waals surface area (Å²) in [5.74, 6) is 0. The molecule has 1 aliphatic heterocycles. The van der Waals surface area contributed by atoms with Crippen LogP contribution in [0.5, 0.6) is 0 Å². The van der Waals surface area contributed by atoms with E-state index in [0.717, 1.165) is 25.7 Å². The molecule has 0 unspecified atom stereocenters. The van der Waals surface area contributed by atoms with Crippen LogP contribution in [0.2, 0.25) is 0 Å². The molecule has 1 aliphatic carbocycles.